The van der Waals surface area contributed by atoms with Crippen LogP contribution in [0.3, 0.4) is 0 Å². The number of hydrogen-bond donors (Lipinski definition) is 1. The number of nitrogens with two attached hydrogens (primary N) is 1. The van der Waals surface area contributed by atoms with E-state index in [2.05, 4.69) is 0 Å². The first-order valence-corrected chi connectivity index (χ1v) is 5.08. The molecule has 0 radical (unpaired) electrons. The first-order valence-electron chi connectivity index (χ1n) is 5.08. The second-order valence-electron chi connectivity index (χ2n) is 3.92. The number of primary amides is 1. The standard InChI is InChI=1S/C11H9F3N2O2/c12-11(13,14)7-2-1-3-8-6(7)4-10(18)16(8)5-9(15)17/h1-3H,4-5H2,(H2,15,17). The molecule has 7 heteroatoms. The molecular formula is C11H9F3N2O2. The van der Waals surface area contributed by atoms with Crippen LogP contribution in [0.25, 0.3) is 0 Å². The van der Waals surface area contributed by atoms with Crippen molar-refractivity contribution in [2.24, 2.45) is 5.73 Å². The highest BCUT2D eigenvalue weighted by Gasteiger charge is 2.39. The molecule has 1 aliphatic rings. The highest BCUT2D eigenvalue weighted by atomic mass is 19.4. The summed E-state index contributed by atoms with van der Waals surface area (Å²) in [4.78, 5) is 23.4. The topological polar surface area (TPSA) is 63.4 Å². The van der Waals surface area contributed by atoms with Gasteiger partial charge in [-0.15, -0.1) is 0 Å². The Kier molecular flexibility index (Phi) is 2.76. The van der Waals surface area contributed by atoms with Gasteiger partial charge < -0.3 is 10.6 Å². The number of alkyl halides is 3. The maximum Gasteiger partial charge on any atom is 0.416 e. The Bertz CT molecular complexity index is 526. The summed E-state index contributed by atoms with van der Waals surface area (Å²) in [6.07, 6.45) is -4.88. The summed E-state index contributed by atoms with van der Waals surface area (Å²) < 4.78 is 38.2. The second-order valence-corrected chi connectivity index (χ2v) is 3.92. The lowest BCUT2D eigenvalue weighted by molar-refractivity contribution is -0.138. The largest absolute Gasteiger partial charge is 0.416 e. The Morgan fingerprint density at radius 1 is 1.39 bits per heavy atom. The average Bonchev–Trinajstić information content (AvgIpc) is 2.53. The van der Waals surface area contributed by atoms with Crippen LogP contribution in [0.15, 0.2) is 18.2 Å². The van der Waals surface area contributed by atoms with Gasteiger partial charge in [0.1, 0.15) is 6.54 Å². The molecule has 0 spiro atoms. The number of carbonyl (C=O) groups is 2. The molecule has 0 aliphatic carbocycles. The van der Waals surface area contributed by atoms with Crippen molar-refractivity contribution >= 4 is 17.5 Å². The lowest BCUT2D eigenvalue weighted by atomic mass is 10.0. The summed E-state index contributed by atoms with van der Waals surface area (Å²) in [5.74, 6) is -1.32. The van der Waals surface area contributed by atoms with Gasteiger partial charge in [-0.05, 0) is 17.7 Å². The van der Waals surface area contributed by atoms with E-state index in [4.69, 9.17) is 5.73 Å². The molecule has 2 N–H and O–H groups in total. The van der Waals surface area contributed by atoms with E-state index in [9.17, 15) is 22.8 Å². The Morgan fingerprint density at radius 2 is 2.06 bits per heavy atom. The second kappa shape index (κ2) is 4.01. The van der Waals surface area contributed by atoms with Gasteiger partial charge in [-0.3, -0.25) is 9.59 Å². The molecule has 0 bridgehead atoms. The molecule has 96 valence electrons. The Hall–Kier alpha value is -2.05. The maximum atomic E-state index is 12.7. The third kappa shape index (κ3) is 2.03. The quantitative estimate of drug-likeness (QED) is 0.862. The van der Waals surface area contributed by atoms with E-state index in [1.54, 1.807) is 0 Å². The molecule has 0 atom stereocenters. The number of benzene rings is 1. The van der Waals surface area contributed by atoms with Crippen LogP contribution >= 0.6 is 0 Å². The van der Waals surface area contributed by atoms with Crippen LogP contribution in [0, 0.1) is 0 Å². The van der Waals surface area contributed by atoms with Gasteiger partial charge in [0, 0.05) is 5.69 Å². The summed E-state index contributed by atoms with van der Waals surface area (Å²) in [6, 6.07) is 3.49. The zero-order valence-electron chi connectivity index (χ0n) is 9.12. The van der Waals surface area contributed by atoms with E-state index >= 15 is 0 Å². The highest BCUT2D eigenvalue weighted by molar-refractivity contribution is 6.05. The number of hydrogen-bond acceptors (Lipinski definition) is 2. The van der Waals surface area contributed by atoms with Crippen molar-refractivity contribution in [3.05, 3.63) is 29.3 Å². The molecule has 2 rings (SSSR count). The molecule has 0 saturated heterocycles. The predicted octanol–water partition coefficient (Wildman–Crippen LogP) is 1.08. The van der Waals surface area contributed by atoms with Crippen molar-refractivity contribution in [2.45, 2.75) is 12.6 Å². The fourth-order valence-electron chi connectivity index (χ4n) is 1.99. The molecule has 1 heterocycles. The third-order valence-corrected chi connectivity index (χ3v) is 2.69. The fraction of sp³-hybridized carbons (Fsp3) is 0.273. The van der Waals surface area contributed by atoms with Gasteiger partial charge in [0.05, 0.1) is 12.0 Å². The predicted molar refractivity (Wildman–Crippen MR) is 56.7 cm³/mol. The summed E-state index contributed by atoms with van der Waals surface area (Å²) in [7, 11) is 0. The molecule has 1 aliphatic heterocycles. The van der Waals surface area contributed by atoms with Gasteiger partial charge in [0.25, 0.3) is 0 Å². The Balaban J connectivity index is 2.49. The molecule has 18 heavy (non-hydrogen) atoms. The summed E-state index contributed by atoms with van der Waals surface area (Å²) >= 11 is 0. The molecule has 0 fully saturated rings. The molecular weight excluding hydrogens is 249 g/mol. The summed E-state index contributed by atoms with van der Waals surface area (Å²) in [6.45, 7) is -0.410. The van der Waals surface area contributed by atoms with Crippen molar-refractivity contribution < 1.29 is 22.8 Å². The van der Waals surface area contributed by atoms with Crippen LogP contribution in [0.2, 0.25) is 0 Å². The minimum absolute atomic E-state index is 0.101. The van der Waals surface area contributed by atoms with Crippen molar-refractivity contribution in [3.63, 3.8) is 0 Å². The van der Waals surface area contributed by atoms with Crippen LogP contribution in [0.4, 0.5) is 18.9 Å². The SMILES string of the molecule is NC(=O)CN1C(=O)Cc2c1cccc2C(F)(F)F. The first kappa shape index (κ1) is 12.4. The van der Waals surface area contributed by atoms with E-state index < -0.39 is 30.1 Å². The molecule has 0 aromatic heterocycles. The highest BCUT2D eigenvalue weighted by Crippen LogP contribution is 2.39. The number of amides is 2. The van der Waals surface area contributed by atoms with Crippen LogP contribution in [-0.2, 0) is 22.2 Å². The lowest BCUT2D eigenvalue weighted by Crippen LogP contribution is -2.35. The monoisotopic (exact) mass is 258 g/mol. The molecule has 1 aromatic carbocycles. The third-order valence-electron chi connectivity index (χ3n) is 2.69. The zero-order valence-corrected chi connectivity index (χ0v) is 9.12. The summed E-state index contributed by atoms with van der Waals surface area (Å²) in [5, 5.41) is 0. The van der Waals surface area contributed by atoms with E-state index in [1.165, 1.54) is 12.1 Å². The Morgan fingerprint density at radius 3 is 2.61 bits per heavy atom. The van der Waals surface area contributed by atoms with Gasteiger partial charge in [-0.2, -0.15) is 13.2 Å². The van der Waals surface area contributed by atoms with Gasteiger partial charge >= 0.3 is 6.18 Å². The van der Waals surface area contributed by atoms with Gasteiger partial charge in [0.15, 0.2) is 0 Å². The number of rotatable bonds is 2. The van der Waals surface area contributed by atoms with Crippen LogP contribution in [-0.4, -0.2) is 18.4 Å². The van der Waals surface area contributed by atoms with E-state index in [-0.39, 0.29) is 17.7 Å². The van der Waals surface area contributed by atoms with Gasteiger partial charge in [0.2, 0.25) is 11.8 Å². The number of carbonyl (C=O) groups excluding carboxylic acids is 2. The fourth-order valence-corrected chi connectivity index (χ4v) is 1.99. The Labute approximate surface area is 100 Å². The lowest BCUT2D eigenvalue weighted by Gasteiger charge is -2.16. The zero-order chi connectivity index (χ0) is 13.5. The van der Waals surface area contributed by atoms with Crippen molar-refractivity contribution in [1.29, 1.82) is 0 Å². The first-order chi connectivity index (χ1) is 8.30. The average molecular weight is 258 g/mol. The molecule has 1 aromatic rings. The smallest absolute Gasteiger partial charge is 0.368 e. The van der Waals surface area contributed by atoms with Gasteiger partial charge in [-0.1, -0.05) is 6.07 Å². The number of fused-ring (bicyclic) bond motifs is 1. The van der Waals surface area contributed by atoms with Crippen LogP contribution < -0.4 is 10.6 Å². The van der Waals surface area contributed by atoms with Crippen molar-refractivity contribution in [3.8, 4) is 0 Å². The molecule has 0 saturated carbocycles. The van der Waals surface area contributed by atoms with E-state index in [1.807, 2.05) is 0 Å². The maximum absolute atomic E-state index is 12.7. The minimum atomic E-state index is -4.52. The van der Waals surface area contributed by atoms with E-state index in [0.29, 0.717) is 0 Å². The number of anilines is 1. The van der Waals surface area contributed by atoms with Crippen LogP contribution in [0.5, 0.6) is 0 Å². The molecule has 0 unspecified atom stereocenters. The number of halogens is 3. The van der Waals surface area contributed by atoms with Crippen LogP contribution in [0.1, 0.15) is 11.1 Å². The normalized spacial score (nSPS) is 14.8. The summed E-state index contributed by atoms with van der Waals surface area (Å²) in [5.41, 5.74) is 4.12. The van der Waals surface area contributed by atoms with E-state index in [0.717, 1.165) is 11.0 Å². The molecule has 4 nitrogen and oxygen atoms in total. The van der Waals surface area contributed by atoms with Gasteiger partial charge in [-0.25, -0.2) is 0 Å². The van der Waals surface area contributed by atoms with Crippen molar-refractivity contribution in [2.75, 3.05) is 11.4 Å². The minimum Gasteiger partial charge on any atom is -0.368 e. The van der Waals surface area contributed by atoms with Crippen molar-refractivity contribution in [1.82, 2.24) is 0 Å². The molecule has 2 amide bonds. The number of nitrogens with zero attached hydrogens (tertiary/aromatic N) is 1.